The molecule has 0 spiro atoms. The number of hydrogen-bond acceptors (Lipinski definition) is 3. The average molecular weight is 210 g/mol. The standard InChI is InChI=1S/C11H8O3.Na/c12-6-5-9(13)11-7-8-3-1-2-4-10(8)14-11;/h1-7,12H;/q;+1/p-1/b6-5+;. The quantitative estimate of drug-likeness (QED) is 0.262. The van der Waals surface area contributed by atoms with E-state index in [1.165, 1.54) is 0 Å². The number of allylic oxidation sites excluding steroid dienone is 1. The molecule has 0 bridgehead atoms. The first-order chi connectivity index (χ1) is 6.81. The fourth-order valence-electron chi connectivity index (χ4n) is 1.25. The minimum atomic E-state index is -0.406. The fourth-order valence-corrected chi connectivity index (χ4v) is 1.25. The Balaban J connectivity index is 0.00000112. The Labute approximate surface area is 109 Å². The van der Waals surface area contributed by atoms with Crippen LogP contribution in [0.15, 0.2) is 47.1 Å². The zero-order chi connectivity index (χ0) is 9.97. The van der Waals surface area contributed by atoms with E-state index in [9.17, 15) is 9.90 Å². The van der Waals surface area contributed by atoms with Gasteiger partial charge < -0.3 is 9.52 Å². The van der Waals surface area contributed by atoms with Gasteiger partial charge in [-0.1, -0.05) is 18.2 Å². The van der Waals surface area contributed by atoms with E-state index >= 15 is 0 Å². The Morgan fingerprint density at radius 1 is 1.33 bits per heavy atom. The first-order valence-electron chi connectivity index (χ1n) is 4.12. The van der Waals surface area contributed by atoms with Gasteiger partial charge >= 0.3 is 29.6 Å². The van der Waals surface area contributed by atoms with Gasteiger partial charge in [0, 0.05) is 5.39 Å². The molecule has 0 amide bonds. The zero-order valence-electron chi connectivity index (χ0n) is 8.27. The van der Waals surface area contributed by atoms with Crippen molar-refractivity contribution in [2.75, 3.05) is 0 Å². The Morgan fingerprint density at radius 2 is 2.07 bits per heavy atom. The summed E-state index contributed by atoms with van der Waals surface area (Å²) in [6, 6.07) is 8.92. The Hall–Kier alpha value is -1.03. The SMILES string of the molecule is O=C(/C=C/[O-])c1cc2ccccc2o1.[Na+]. The summed E-state index contributed by atoms with van der Waals surface area (Å²) >= 11 is 0. The Morgan fingerprint density at radius 3 is 2.73 bits per heavy atom. The molecule has 0 saturated heterocycles. The van der Waals surface area contributed by atoms with Crippen molar-refractivity contribution in [2.24, 2.45) is 0 Å². The van der Waals surface area contributed by atoms with Gasteiger partial charge in [-0.2, -0.15) is 0 Å². The molecule has 0 aliphatic rings. The van der Waals surface area contributed by atoms with Crippen LogP contribution in [-0.4, -0.2) is 5.78 Å². The number of fused-ring (bicyclic) bond motifs is 1. The number of furan rings is 1. The molecule has 70 valence electrons. The summed E-state index contributed by atoms with van der Waals surface area (Å²) in [5, 5.41) is 10.9. The third-order valence-corrected chi connectivity index (χ3v) is 1.89. The molecular formula is C11H7NaO3. The topological polar surface area (TPSA) is 53.3 Å². The Bertz CT molecular complexity index is 466. The van der Waals surface area contributed by atoms with E-state index in [0.29, 0.717) is 11.8 Å². The molecule has 0 atom stereocenters. The van der Waals surface area contributed by atoms with Crippen molar-refractivity contribution in [3.8, 4) is 0 Å². The van der Waals surface area contributed by atoms with Crippen molar-refractivity contribution in [2.45, 2.75) is 0 Å². The van der Waals surface area contributed by atoms with Gasteiger partial charge in [0.25, 0.3) is 0 Å². The van der Waals surface area contributed by atoms with E-state index in [4.69, 9.17) is 4.42 Å². The van der Waals surface area contributed by atoms with Gasteiger partial charge in [0.1, 0.15) is 5.58 Å². The van der Waals surface area contributed by atoms with Gasteiger partial charge in [-0.25, -0.2) is 0 Å². The largest absolute Gasteiger partial charge is 1.00 e. The van der Waals surface area contributed by atoms with Gasteiger partial charge in [-0.05, 0) is 18.2 Å². The third kappa shape index (κ3) is 2.50. The van der Waals surface area contributed by atoms with Crippen molar-refractivity contribution in [3.63, 3.8) is 0 Å². The number of hydrogen-bond donors (Lipinski definition) is 0. The van der Waals surface area contributed by atoms with E-state index in [0.717, 1.165) is 11.5 Å². The van der Waals surface area contributed by atoms with Crippen LogP contribution in [0.1, 0.15) is 10.6 Å². The van der Waals surface area contributed by atoms with Gasteiger partial charge in [0.15, 0.2) is 5.76 Å². The number of carbonyl (C=O) groups excluding carboxylic acids is 1. The predicted octanol–water partition coefficient (Wildman–Crippen LogP) is -1.51. The van der Waals surface area contributed by atoms with Crippen molar-refractivity contribution >= 4 is 16.8 Å². The first kappa shape index (κ1) is 12.0. The summed E-state index contributed by atoms with van der Waals surface area (Å²) in [4.78, 5) is 11.2. The molecule has 1 aromatic carbocycles. The summed E-state index contributed by atoms with van der Waals surface area (Å²) in [7, 11) is 0. The number of ketones is 1. The Kier molecular flexibility index (Phi) is 4.15. The van der Waals surface area contributed by atoms with Crippen molar-refractivity contribution < 1.29 is 43.9 Å². The van der Waals surface area contributed by atoms with Crippen LogP contribution in [0.2, 0.25) is 0 Å². The molecule has 0 aliphatic carbocycles. The second kappa shape index (κ2) is 5.16. The molecule has 0 aliphatic heterocycles. The maximum atomic E-state index is 11.2. The van der Waals surface area contributed by atoms with Gasteiger partial charge in [-0.15, -0.1) is 6.26 Å². The van der Waals surface area contributed by atoms with Crippen LogP contribution in [0.25, 0.3) is 11.0 Å². The molecule has 15 heavy (non-hydrogen) atoms. The minimum Gasteiger partial charge on any atom is -0.878 e. The van der Waals surface area contributed by atoms with Crippen molar-refractivity contribution in [1.29, 1.82) is 0 Å². The first-order valence-corrected chi connectivity index (χ1v) is 4.12. The number of benzene rings is 1. The second-order valence-electron chi connectivity index (χ2n) is 2.82. The third-order valence-electron chi connectivity index (χ3n) is 1.89. The summed E-state index contributed by atoms with van der Waals surface area (Å²) in [6.45, 7) is 0. The van der Waals surface area contributed by atoms with E-state index in [1.807, 2.05) is 18.2 Å². The molecule has 0 saturated carbocycles. The molecule has 0 radical (unpaired) electrons. The average Bonchev–Trinajstić information content (AvgIpc) is 2.61. The van der Waals surface area contributed by atoms with Crippen LogP contribution >= 0.6 is 0 Å². The predicted molar refractivity (Wildman–Crippen MR) is 49.7 cm³/mol. The van der Waals surface area contributed by atoms with Crippen molar-refractivity contribution in [3.05, 3.63) is 48.4 Å². The normalized spacial score (nSPS) is 10.4. The molecule has 2 aromatic rings. The molecule has 2 rings (SSSR count). The fraction of sp³-hybridized carbons (Fsp3) is 0. The molecule has 0 fully saturated rings. The molecule has 4 heteroatoms. The van der Waals surface area contributed by atoms with Crippen LogP contribution in [-0.2, 0) is 0 Å². The molecule has 1 aromatic heterocycles. The molecular weight excluding hydrogens is 203 g/mol. The van der Waals surface area contributed by atoms with Crippen LogP contribution in [0.5, 0.6) is 0 Å². The van der Waals surface area contributed by atoms with E-state index in [2.05, 4.69) is 0 Å². The van der Waals surface area contributed by atoms with Gasteiger partial charge in [0.2, 0.25) is 5.78 Å². The van der Waals surface area contributed by atoms with E-state index in [-0.39, 0.29) is 35.3 Å². The molecule has 1 heterocycles. The zero-order valence-corrected chi connectivity index (χ0v) is 10.3. The van der Waals surface area contributed by atoms with Crippen LogP contribution < -0.4 is 34.7 Å². The number of carbonyl (C=O) groups is 1. The molecule has 0 N–H and O–H groups in total. The van der Waals surface area contributed by atoms with Gasteiger partial charge in [0.05, 0.1) is 0 Å². The van der Waals surface area contributed by atoms with Crippen molar-refractivity contribution in [1.82, 2.24) is 0 Å². The summed E-state index contributed by atoms with van der Waals surface area (Å²) < 4.78 is 5.24. The molecule has 3 nitrogen and oxygen atoms in total. The van der Waals surface area contributed by atoms with E-state index < -0.39 is 5.78 Å². The summed E-state index contributed by atoms with van der Waals surface area (Å²) in [5.74, 6) is -0.213. The number of rotatable bonds is 2. The smallest absolute Gasteiger partial charge is 0.878 e. The minimum absolute atomic E-state index is 0. The van der Waals surface area contributed by atoms with Crippen LogP contribution in [0.4, 0.5) is 0 Å². The second-order valence-corrected chi connectivity index (χ2v) is 2.82. The monoisotopic (exact) mass is 210 g/mol. The van der Waals surface area contributed by atoms with Gasteiger partial charge in [-0.3, -0.25) is 4.79 Å². The maximum Gasteiger partial charge on any atom is 1.00 e. The van der Waals surface area contributed by atoms with E-state index in [1.54, 1.807) is 12.1 Å². The summed E-state index contributed by atoms with van der Waals surface area (Å²) in [5.41, 5.74) is 0.648. The number of para-hydroxylation sites is 1. The summed E-state index contributed by atoms with van der Waals surface area (Å²) in [6.07, 6.45) is 1.40. The van der Waals surface area contributed by atoms with Crippen LogP contribution in [0.3, 0.4) is 0 Å². The molecule has 0 unspecified atom stereocenters. The van der Waals surface area contributed by atoms with Crippen LogP contribution in [0, 0.1) is 0 Å². The maximum absolute atomic E-state index is 11.2.